The third-order valence-electron chi connectivity index (χ3n) is 9.18. The van der Waals surface area contributed by atoms with Crippen LogP contribution in [0.5, 0.6) is 11.5 Å². The van der Waals surface area contributed by atoms with Crippen LogP contribution in [0.4, 0.5) is 0 Å². The first-order valence-electron chi connectivity index (χ1n) is 11.6. The topological polar surface area (TPSA) is 62.2 Å². The van der Waals surface area contributed by atoms with Gasteiger partial charge in [0.25, 0.3) is 0 Å². The number of aromatic hydroxyl groups is 1. The van der Waals surface area contributed by atoms with E-state index in [1.54, 1.807) is 13.2 Å². The smallest absolute Gasteiger partial charge is 0.166 e. The summed E-state index contributed by atoms with van der Waals surface area (Å²) in [6.45, 7) is 6.08. The molecular formula is C25H31NO4. The molecule has 1 spiro atoms. The predicted molar refractivity (Wildman–Crippen MR) is 112 cm³/mol. The van der Waals surface area contributed by atoms with Gasteiger partial charge in [-0.25, -0.2) is 0 Å². The molecule has 3 fully saturated rings. The van der Waals surface area contributed by atoms with E-state index in [0.717, 1.165) is 31.7 Å². The van der Waals surface area contributed by atoms with Crippen LogP contribution in [0.15, 0.2) is 23.3 Å². The van der Waals surface area contributed by atoms with Gasteiger partial charge in [-0.15, -0.1) is 0 Å². The van der Waals surface area contributed by atoms with E-state index >= 15 is 0 Å². The highest BCUT2D eigenvalue weighted by atomic mass is 16.6. The highest BCUT2D eigenvalue weighted by Gasteiger charge is 2.77. The fraction of sp³-hybridized carbons (Fsp3) is 0.680. The summed E-state index contributed by atoms with van der Waals surface area (Å²) in [4.78, 5) is 2.72. The van der Waals surface area contributed by atoms with Crippen LogP contribution < -0.4 is 4.74 Å². The molecule has 5 heteroatoms. The minimum Gasteiger partial charge on any atom is -0.504 e. The van der Waals surface area contributed by atoms with Gasteiger partial charge in [-0.05, 0) is 62.7 Å². The van der Waals surface area contributed by atoms with Crippen molar-refractivity contribution in [1.29, 1.82) is 0 Å². The monoisotopic (exact) mass is 409 g/mol. The summed E-state index contributed by atoms with van der Waals surface area (Å²) in [6, 6.07) is 4.30. The van der Waals surface area contributed by atoms with Gasteiger partial charge in [0.05, 0.1) is 11.0 Å². The van der Waals surface area contributed by atoms with Gasteiger partial charge in [-0.3, -0.25) is 4.90 Å². The largest absolute Gasteiger partial charge is 0.504 e. The molecule has 1 aromatic rings. The fourth-order valence-corrected chi connectivity index (χ4v) is 8.15. The van der Waals surface area contributed by atoms with Gasteiger partial charge in [0.15, 0.2) is 11.5 Å². The number of hydrogen-bond acceptors (Lipinski definition) is 5. The minimum absolute atomic E-state index is 0.0653. The quantitative estimate of drug-likeness (QED) is 0.749. The SMILES string of the molecule is CO[C@@]12CC(=C3C4Cc5ccc(O)c6c5[C@@]3(CCN4CC3CC3)[C@H]1O6)[C@@H]2C(C)(C)O. The Balaban J connectivity index is 1.50. The zero-order valence-electron chi connectivity index (χ0n) is 18.1. The molecule has 7 aliphatic rings. The van der Waals surface area contributed by atoms with Crippen LogP contribution in [0, 0.1) is 11.8 Å². The number of aliphatic hydroxyl groups is 1. The number of hydrogen-bond donors (Lipinski definition) is 2. The maximum atomic E-state index is 11.2. The Bertz CT molecular complexity index is 1010. The first-order chi connectivity index (χ1) is 14.3. The Morgan fingerprint density at radius 3 is 2.80 bits per heavy atom. The van der Waals surface area contributed by atoms with Crippen molar-refractivity contribution in [2.75, 3.05) is 20.2 Å². The first kappa shape index (κ1) is 18.1. The summed E-state index contributed by atoms with van der Waals surface area (Å²) >= 11 is 0. The van der Waals surface area contributed by atoms with Crippen LogP contribution in [-0.2, 0) is 16.6 Å². The molecule has 0 amide bonds. The molecule has 0 aromatic heterocycles. The molecule has 2 aliphatic heterocycles. The summed E-state index contributed by atoms with van der Waals surface area (Å²) in [6.07, 6.45) is 5.35. The average molecular weight is 410 g/mol. The van der Waals surface area contributed by atoms with Crippen LogP contribution in [0.2, 0.25) is 0 Å². The molecule has 5 aliphatic carbocycles. The molecule has 2 heterocycles. The molecule has 30 heavy (non-hydrogen) atoms. The first-order valence-corrected chi connectivity index (χ1v) is 11.6. The van der Waals surface area contributed by atoms with Crippen molar-refractivity contribution in [1.82, 2.24) is 4.90 Å². The Hall–Kier alpha value is -1.56. The molecule has 5 atom stereocenters. The van der Waals surface area contributed by atoms with Crippen LogP contribution in [0.25, 0.3) is 0 Å². The number of phenolic OH excluding ortho intramolecular Hbond substituents is 1. The van der Waals surface area contributed by atoms with E-state index in [2.05, 4.69) is 11.0 Å². The average Bonchev–Trinajstić information content (AvgIpc) is 3.41. The van der Waals surface area contributed by atoms with Gasteiger partial charge in [0, 0.05) is 44.1 Å². The van der Waals surface area contributed by atoms with E-state index in [4.69, 9.17) is 9.47 Å². The zero-order valence-corrected chi connectivity index (χ0v) is 18.1. The molecule has 0 radical (unpaired) electrons. The molecule has 160 valence electrons. The summed E-state index contributed by atoms with van der Waals surface area (Å²) < 4.78 is 12.9. The number of likely N-dealkylation sites (tertiary alicyclic amines) is 1. The summed E-state index contributed by atoms with van der Waals surface area (Å²) in [5.74, 6) is 1.70. The molecule has 1 aromatic carbocycles. The number of benzene rings is 1. The van der Waals surface area contributed by atoms with Crippen molar-refractivity contribution < 1.29 is 19.7 Å². The maximum Gasteiger partial charge on any atom is 0.166 e. The van der Waals surface area contributed by atoms with E-state index in [1.165, 1.54) is 41.7 Å². The van der Waals surface area contributed by atoms with Crippen molar-refractivity contribution in [3.8, 4) is 11.5 Å². The summed E-state index contributed by atoms with van der Waals surface area (Å²) in [7, 11) is 1.77. The number of piperidine rings is 1. The third-order valence-corrected chi connectivity index (χ3v) is 9.18. The second-order valence-corrected chi connectivity index (χ2v) is 11.2. The van der Waals surface area contributed by atoms with Crippen LogP contribution in [0.3, 0.4) is 0 Å². The second-order valence-electron chi connectivity index (χ2n) is 11.2. The predicted octanol–water partition coefficient (Wildman–Crippen LogP) is 2.92. The van der Waals surface area contributed by atoms with Gasteiger partial charge in [0.1, 0.15) is 11.7 Å². The Kier molecular flexibility index (Phi) is 3.16. The van der Waals surface area contributed by atoms with Crippen LogP contribution in [0.1, 0.15) is 50.7 Å². The molecule has 4 bridgehead atoms. The van der Waals surface area contributed by atoms with Crippen molar-refractivity contribution in [2.45, 2.75) is 74.7 Å². The van der Waals surface area contributed by atoms with Crippen molar-refractivity contribution in [3.63, 3.8) is 0 Å². The lowest BCUT2D eigenvalue weighted by Gasteiger charge is -2.69. The Labute approximate surface area is 177 Å². The Morgan fingerprint density at radius 2 is 2.10 bits per heavy atom. The highest BCUT2D eigenvalue weighted by molar-refractivity contribution is 5.69. The normalized spacial score (nSPS) is 40.7. The number of nitrogens with zero attached hydrogens (tertiary/aromatic N) is 1. The Morgan fingerprint density at radius 1 is 1.30 bits per heavy atom. The van der Waals surface area contributed by atoms with E-state index in [0.29, 0.717) is 11.8 Å². The van der Waals surface area contributed by atoms with E-state index in [1.807, 2.05) is 13.8 Å². The summed E-state index contributed by atoms with van der Waals surface area (Å²) in [5.41, 5.74) is 3.82. The molecule has 1 saturated heterocycles. The molecule has 2 saturated carbocycles. The number of rotatable bonds is 4. The molecule has 8 rings (SSSR count). The number of methoxy groups -OCH3 is 1. The van der Waals surface area contributed by atoms with Crippen molar-refractivity contribution in [3.05, 3.63) is 34.4 Å². The molecular weight excluding hydrogens is 378 g/mol. The molecule has 2 N–H and O–H groups in total. The van der Waals surface area contributed by atoms with E-state index < -0.39 is 11.2 Å². The van der Waals surface area contributed by atoms with Gasteiger partial charge in [-0.2, -0.15) is 0 Å². The van der Waals surface area contributed by atoms with Crippen molar-refractivity contribution >= 4 is 0 Å². The van der Waals surface area contributed by atoms with Gasteiger partial charge in [-0.1, -0.05) is 11.6 Å². The highest BCUT2D eigenvalue weighted by Crippen LogP contribution is 2.73. The van der Waals surface area contributed by atoms with E-state index in [9.17, 15) is 10.2 Å². The van der Waals surface area contributed by atoms with E-state index in [-0.39, 0.29) is 23.2 Å². The van der Waals surface area contributed by atoms with Crippen molar-refractivity contribution in [2.24, 2.45) is 11.8 Å². The standard InChI is InChI=1S/C25H31NO4/c1-23(2,28)21-15-11-25(21,29-3)22-24-8-9-26(12-13-4-5-13)16(19(15)24)10-14-6-7-17(27)20(30-22)18(14)24/h6-7,13,16,21-22,27-28H,4-5,8-12H2,1-3H3/t16?,21-,22-,24-,25-/m1/s1. The molecule has 1 unspecified atom stereocenters. The second kappa shape index (κ2) is 5.25. The molecule has 5 nitrogen and oxygen atoms in total. The van der Waals surface area contributed by atoms with Gasteiger partial charge >= 0.3 is 0 Å². The number of ether oxygens (including phenoxy) is 2. The zero-order chi connectivity index (χ0) is 20.6. The lowest BCUT2D eigenvalue weighted by atomic mass is 9.41. The maximum absolute atomic E-state index is 11.2. The minimum atomic E-state index is -0.881. The van der Waals surface area contributed by atoms with Crippen LogP contribution >= 0.6 is 0 Å². The van der Waals surface area contributed by atoms with Gasteiger partial charge < -0.3 is 19.7 Å². The lowest BCUT2D eigenvalue weighted by molar-refractivity contribution is -0.221. The fourth-order valence-electron chi connectivity index (χ4n) is 8.15. The summed E-state index contributed by atoms with van der Waals surface area (Å²) in [5, 5.41) is 21.9. The number of phenols is 1. The van der Waals surface area contributed by atoms with Crippen LogP contribution in [-0.4, -0.2) is 58.7 Å². The van der Waals surface area contributed by atoms with Gasteiger partial charge in [0.2, 0.25) is 0 Å². The lowest BCUT2D eigenvalue weighted by Crippen LogP contribution is -2.77. The third kappa shape index (κ3) is 1.84.